The molecule has 2 aromatic heterocycles. The third kappa shape index (κ3) is 4.32. The average molecular weight is 438 g/mol. The summed E-state index contributed by atoms with van der Waals surface area (Å²) in [5.41, 5.74) is 7.11. The predicted octanol–water partition coefficient (Wildman–Crippen LogP) is 8.30. The molecule has 150 valence electrons. The summed E-state index contributed by atoms with van der Waals surface area (Å²) in [6, 6.07) is 29.4. The lowest BCUT2D eigenvalue weighted by molar-refractivity contribution is 0.987. The molecule has 5 aromatic rings. The lowest BCUT2D eigenvalue weighted by atomic mass is 9.85. The van der Waals surface area contributed by atoms with Gasteiger partial charge in [-0.15, -0.1) is 0 Å². The first kappa shape index (κ1) is 19.7. The molecule has 0 aliphatic rings. The van der Waals surface area contributed by atoms with Gasteiger partial charge in [-0.3, -0.25) is 4.98 Å². The molecule has 0 amide bonds. The summed E-state index contributed by atoms with van der Waals surface area (Å²) in [6.45, 7) is 0. The second-order valence-electron chi connectivity index (χ2n) is 7.46. The largest absolute Gasteiger partial charge is 0.256 e. The maximum Gasteiger partial charge on any atom is 0.0708 e. The van der Waals surface area contributed by atoms with Gasteiger partial charge in [0.05, 0.1) is 5.52 Å². The highest BCUT2D eigenvalue weighted by atomic mass is 35.5. The minimum Gasteiger partial charge on any atom is -0.256 e. The molecule has 3 heteroatoms. The molecule has 31 heavy (non-hydrogen) atoms. The number of thiophene rings is 1. The highest BCUT2D eigenvalue weighted by molar-refractivity contribution is 7.08. The van der Waals surface area contributed by atoms with E-state index >= 15 is 0 Å². The molecule has 1 unspecified atom stereocenters. The van der Waals surface area contributed by atoms with Gasteiger partial charge in [0.1, 0.15) is 0 Å². The molecule has 3 aromatic carbocycles. The number of rotatable bonds is 5. The van der Waals surface area contributed by atoms with Crippen LogP contribution in [0, 0.1) is 0 Å². The molecule has 0 aliphatic carbocycles. The van der Waals surface area contributed by atoms with Crippen molar-refractivity contribution in [3.63, 3.8) is 0 Å². The SMILES string of the molecule is Clc1ccc(C(c2ccsc2)c2ccc3nccc(C=Cc4ccccc4)c3c2)cc1. The molecule has 1 nitrogen and oxygen atoms in total. The normalized spacial score (nSPS) is 12.4. The van der Waals surface area contributed by atoms with Gasteiger partial charge in [-0.05, 0) is 75.0 Å². The van der Waals surface area contributed by atoms with E-state index in [4.69, 9.17) is 11.6 Å². The molecule has 1 atom stereocenters. The van der Waals surface area contributed by atoms with Crippen LogP contribution in [0.1, 0.15) is 33.7 Å². The van der Waals surface area contributed by atoms with Gasteiger partial charge in [0.2, 0.25) is 0 Å². The van der Waals surface area contributed by atoms with Crippen molar-refractivity contribution in [1.29, 1.82) is 0 Å². The molecule has 0 fully saturated rings. The number of nitrogens with zero attached hydrogens (tertiary/aromatic N) is 1. The fourth-order valence-corrected chi connectivity index (χ4v) is 4.74. The van der Waals surface area contributed by atoms with Crippen molar-refractivity contribution in [2.45, 2.75) is 5.92 Å². The molecule has 0 spiro atoms. The van der Waals surface area contributed by atoms with E-state index in [1.807, 2.05) is 24.4 Å². The first-order valence-electron chi connectivity index (χ1n) is 10.2. The fraction of sp³-hybridized carbons (Fsp3) is 0.0357. The number of aromatic nitrogens is 1. The third-order valence-electron chi connectivity index (χ3n) is 5.47. The lowest BCUT2D eigenvalue weighted by Gasteiger charge is -2.18. The Bertz CT molecular complexity index is 1320. The zero-order valence-corrected chi connectivity index (χ0v) is 18.4. The summed E-state index contributed by atoms with van der Waals surface area (Å²) < 4.78 is 0. The molecule has 0 saturated heterocycles. The predicted molar refractivity (Wildman–Crippen MR) is 134 cm³/mol. The zero-order valence-electron chi connectivity index (χ0n) is 16.8. The van der Waals surface area contributed by atoms with Gasteiger partial charge < -0.3 is 0 Å². The Labute approximate surface area is 191 Å². The van der Waals surface area contributed by atoms with E-state index in [-0.39, 0.29) is 5.92 Å². The first-order valence-corrected chi connectivity index (χ1v) is 11.5. The zero-order chi connectivity index (χ0) is 21.0. The first-order chi connectivity index (χ1) is 15.3. The highest BCUT2D eigenvalue weighted by Crippen LogP contribution is 2.35. The van der Waals surface area contributed by atoms with Gasteiger partial charge in [-0.1, -0.05) is 72.3 Å². The maximum atomic E-state index is 6.16. The topological polar surface area (TPSA) is 12.9 Å². The van der Waals surface area contributed by atoms with Crippen molar-refractivity contribution >= 4 is 46.0 Å². The number of hydrogen-bond acceptors (Lipinski definition) is 2. The molecule has 5 rings (SSSR count). The van der Waals surface area contributed by atoms with Crippen LogP contribution in [0.4, 0.5) is 0 Å². The van der Waals surface area contributed by atoms with Crippen LogP contribution in [0.2, 0.25) is 5.02 Å². The molecule has 2 heterocycles. The standard InChI is InChI=1S/C28H20ClNS/c29-25-11-8-22(9-12-25)28(24-15-17-31-19-24)23-10-13-27-26(18-23)21(14-16-30-27)7-6-20-4-2-1-3-5-20/h1-19,28H. The van der Waals surface area contributed by atoms with Crippen LogP contribution in [0.15, 0.2) is 102 Å². The van der Waals surface area contributed by atoms with Crippen LogP contribution in [0.25, 0.3) is 23.1 Å². The Hall–Kier alpha value is -3.20. The van der Waals surface area contributed by atoms with E-state index in [1.165, 1.54) is 22.3 Å². The van der Waals surface area contributed by atoms with E-state index in [0.29, 0.717) is 0 Å². The van der Waals surface area contributed by atoms with Gasteiger partial charge in [0.15, 0.2) is 0 Å². The maximum absolute atomic E-state index is 6.16. The average Bonchev–Trinajstić information content (AvgIpc) is 3.34. The highest BCUT2D eigenvalue weighted by Gasteiger charge is 2.18. The Morgan fingerprint density at radius 3 is 2.35 bits per heavy atom. The molecule has 0 N–H and O–H groups in total. The van der Waals surface area contributed by atoms with Crippen LogP contribution < -0.4 is 0 Å². The Morgan fingerprint density at radius 1 is 0.774 bits per heavy atom. The van der Waals surface area contributed by atoms with E-state index in [9.17, 15) is 0 Å². The summed E-state index contributed by atoms with van der Waals surface area (Å²) in [7, 11) is 0. The fourth-order valence-electron chi connectivity index (χ4n) is 3.93. The van der Waals surface area contributed by atoms with E-state index in [2.05, 4.69) is 94.6 Å². The summed E-state index contributed by atoms with van der Waals surface area (Å²) in [5.74, 6) is 0.152. The molecular weight excluding hydrogens is 418 g/mol. The molecule has 0 aliphatic heterocycles. The minimum atomic E-state index is 0.152. The van der Waals surface area contributed by atoms with Crippen LogP contribution in [-0.2, 0) is 0 Å². The van der Waals surface area contributed by atoms with Crippen LogP contribution >= 0.6 is 22.9 Å². The summed E-state index contributed by atoms with van der Waals surface area (Å²) >= 11 is 7.88. The number of fused-ring (bicyclic) bond motifs is 1. The van der Waals surface area contributed by atoms with Crippen molar-refractivity contribution in [3.05, 3.63) is 135 Å². The number of hydrogen-bond donors (Lipinski definition) is 0. The van der Waals surface area contributed by atoms with Crippen molar-refractivity contribution in [3.8, 4) is 0 Å². The summed E-state index contributed by atoms with van der Waals surface area (Å²) in [4.78, 5) is 4.60. The van der Waals surface area contributed by atoms with Crippen molar-refractivity contribution in [2.75, 3.05) is 0 Å². The summed E-state index contributed by atoms with van der Waals surface area (Å²) in [6.07, 6.45) is 6.20. The van der Waals surface area contributed by atoms with Gasteiger partial charge in [-0.2, -0.15) is 11.3 Å². The van der Waals surface area contributed by atoms with Crippen LogP contribution in [0.3, 0.4) is 0 Å². The van der Waals surface area contributed by atoms with E-state index in [1.54, 1.807) is 11.3 Å². The molecule has 0 saturated carbocycles. The minimum absolute atomic E-state index is 0.152. The van der Waals surface area contributed by atoms with Crippen LogP contribution in [0.5, 0.6) is 0 Å². The number of benzene rings is 3. The van der Waals surface area contributed by atoms with Crippen molar-refractivity contribution in [1.82, 2.24) is 4.98 Å². The second kappa shape index (κ2) is 8.89. The molecule has 0 radical (unpaired) electrons. The monoisotopic (exact) mass is 437 g/mol. The Morgan fingerprint density at radius 2 is 1.58 bits per heavy atom. The van der Waals surface area contributed by atoms with E-state index in [0.717, 1.165) is 21.5 Å². The smallest absolute Gasteiger partial charge is 0.0708 e. The number of pyridine rings is 1. The molecular formula is C28H20ClNS. The lowest BCUT2D eigenvalue weighted by Crippen LogP contribution is -2.02. The van der Waals surface area contributed by atoms with Crippen molar-refractivity contribution < 1.29 is 0 Å². The van der Waals surface area contributed by atoms with E-state index < -0.39 is 0 Å². The summed E-state index contributed by atoms with van der Waals surface area (Å²) in [5, 5.41) is 6.27. The van der Waals surface area contributed by atoms with Gasteiger partial charge in [0, 0.05) is 22.5 Å². The Balaban J connectivity index is 1.62. The third-order valence-corrected chi connectivity index (χ3v) is 6.42. The van der Waals surface area contributed by atoms with Gasteiger partial charge in [0.25, 0.3) is 0 Å². The van der Waals surface area contributed by atoms with Crippen LogP contribution in [-0.4, -0.2) is 4.98 Å². The van der Waals surface area contributed by atoms with Gasteiger partial charge in [-0.25, -0.2) is 0 Å². The Kier molecular flexibility index (Phi) is 5.66. The molecule has 0 bridgehead atoms. The second-order valence-corrected chi connectivity index (χ2v) is 8.68. The van der Waals surface area contributed by atoms with Crippen molar-refractivity contribution in [2.24, 2.45) is 0 Å². The van der Waals surface area contributed by atoms with Gasteiger partial charge >= 0.3 is 0 Å². The number of halogens is 1. The quantitative estimate of drug-likeness (QED) is 0.269.